The number of aromatic nitrogens is 2. The van der Waals surface area contributed by atoms with E-state index in [0.29, 0.717) is 23.4 Å². The van der Waals surface area contributed by atoms with Gasteiger partial charge in [0.05, 0.1) is 29.5 Å². The summed E-state index contributed by atoms with van der Waals surface area (Å²) in [6.45, 7) is 11.3. The third kappa shape index (κ3) is 4.59. The van der Waals surface area contributed by atoms with Crippen molar-refractivity contribution >= 4 is 34.2 Å². The van der Waals surface area contributed by atoms with Gasteiger partial charge in [-0.1, -0.05) is 0 Å². The second-order valence-corrected chi connectivity index (χ2v) is 7.39. The molecule has 0 atom stereocenters. The molecule has 0 unspecified atom stereocenters. The lowest BCUT2D eigenvalue weighted by Crippen LogP contribution is -2.17. The SMILES string of the molecule is CCOC(=O)c1sc(NC(=O)c2cn(CC)nc2C)c(C(=O)OC(C)C)c1C. The number of ether oxygens (including phenoxy) is 2. The normalized spacial score (nSPS) is 10.8. The molecule has 2 aromatic heterocycles. The molecule has 0 radical (unpaired) electrons. The number of hydrogen-bond acceptors (Lipinski definition) is 7. The number of hydrogen-bond donors (Lipinski definition) is 1. The van der Waals surface area contributed by atoms with Crippen molar-refractivity contribution in [3.63, 3.8) is 0 Å². The van der Waals surface area contributed by atoms with Crippen LogP contribution in [0.2, 0.25) is 0 Å². The van der Waals surface area contributed by atoms with E-state index in [1.165, 1.54) is 0 Å². The summed E-state index contributed by atoms with van der Waals surface area (Å²) in [7, 11) is 0. The predicted molar refractivity (Wildman–Crippen MR) is 106 cm³/mol. The van der Waals surface area contributed by atoms with Crippen LogP contribution < -0.4 is 5.32 Å². The van der Waals surface area contributed by atoms with Crippen LogP contribution in [0.1, 0.15) is 69.3 Å². The summed E-state index contributed by atoms with van der Waals surface area (Å²) in [5, 5.41) is 7.24. The van der Waals surface area contributed by atoms with Gasteiger partial charge in [0.1, 0.15) is 9.88 Å². The maximum Gasteiger partial charge on any atom is 0.348 e. The summed E-state index contributed by atoms with van der Waals surface area (Å²) in [6, 6.07) is 0. The number of carbonyl (C=O) groups excluding carboxylic acids is 3. The quantitative estimate of drug-likeness (QED) is 0.704. The molecule has 2 aromatic rings. The van der Waals surface area contributed by atoms with Crippen LogP contribution in [-0.2, 0) is 16.0 Å². The van der Waals surface area contributed by atoms with Crippen LogP contribution in [0, 0.1) is 13.8 Å². The number of anilines is 1. The van der Waals surface area contributed by atoms with E-state index in [2.05, 4.69) is 10.4 Å². The van der Waals surface area contributed by atoms with Crippen LogP contribution in [-0.4, -0.2) is 40.3 Å². The van der Waals surface area contributed by atoms with E-state index in [4.69, 9.17) is 9.47 Å². The average Bonchev–Trinajstić information content (AvgIpc) is 3.14. The molecule has 0 aromatic carbocycles. The van der Waals surface area contributed by atoms with Gasteiger partial charge in [0.25, 0.3) is 5.91 Å². The van der Waals surface area contributed by atoms with E-state index in [9.17, 15) is 14.4 Å². The van der Waals surface area contributed by atoms with Gasteiger partial charge in [0, 0.05) is 12.7 Å². The second-order valence-electron chi connectivity index (χ2n) is 6.37. The zero-order chi connectivity index (χ0) is 21.0. The van der Waals surface area contributed by atoms with E-state index in [0.717, 1.165) is 11.3 Å². The lowest BCUT2D eigenvalue weighted by atomic mass is 10.1. The Hall–Kier alpha value is -2.68. The summed E-state index contributed by atoms with van der Waals surface area (Å²) in [5.74, 6) is -1.55. The van der Waals surface area contributed by atoms with Gasteiger partial charge in [0.2, 0.25) is 0 Å². The fraction of sp³-hybridized carbons (Fsp3) is 0.474. The molecule has 0 aliphatic heterocycles. The number of thiophene rings is 1. The van der Waals surface area contributed by atoms with Crippen LogP contribution in [0.25, 0.3) is 0 Å². The highest BCUT2D eigenvalue weighted by molar-refractivity contribution is 7.18. The van der Waals surface area contributed by atoms with Gasteiger partial charge >= 0.3 is 11.9 Å². The van der Waals surface area contributed by atoms with Gasteiger partial charge < -0.3 is 14.8 Å². The van der Waals surface area contributed by atoms with E-state index < -0.39 is 17.8 Å². The molecule has 0 saturated carbocycles. The van der Waals surface area contributed by atoms with Crippen molar-refractivity contribution in [1.82, 2.24) is 9.78 Å². The standard InChI is InChI=1S/C19H25N3O5S/c1-7-22-9-13(12(6)21-22)16(23)20-17-14(18(24)27-10(3)4)11(5)15(28-17)19(25)26-8-2/h9-10H,7-8H2,1-6H3,(H,20,23). The fourth-order valence-electron chi connectivity index (χ4n) is 2.58. The molecule has 0 aliphatic carbocycles. The van der Waals surface area contributed by atoms with Gasteiger partial charge in [-0.2, -0.15) is 5.10 Å². The van der Waals surface area contributed by atoms with Gasteiger partial charge in [-0.25, -0.2) is 9.59 Å². The Bertz CT molecular complexity index is 898. The Labute approximate surface area is 167 Å². The van der Waals surface area contributed by atoms with Crippen molar-refractivity contribution in [2.24, 2.45) is 0 Å². The van der Waals surface area contributed by atoms with Gasteiger partial charge in [0.15, 0.2) is 0 Å². The Morgan fingerprint density at radius 1 is 1.21 bits per heavy atom. The number of rotatable bonds is 7. The first kappa shape index (κ1) is 21.6. The van der Waals surface area contributed by atoms with Gasteiger partial charge in [-0.15, -0.1) is 11.3 Å². The maximum absolute atomic E-state index is 12.8. The van der Waals surface area contributed by atoms with E-state index >= 15 is 0 Å². The van der Waals surface area contributed by atoms with Gasteiger partial charge in [-0.05, 0) is 47.1 Å². The molecular weight excluding hydrogens is 382 g/mol. The molecule has 8 nitrogen and oxygen atoms in total. The van der Waals surface area contributed by atoms with E-state index in [-0.39, 0.29) is 28.2 Å². The van der Waals surface area contributed by atoms with Crippen LogP contribution >= 0.6 is 11.3 Å². The molecule has 2 heterocycles. The monoisotopic (exact) mass is 407 g/mol. The number of esters is 2. The molecule has 2 rings (SSSR count). The maximum atomic E-state index is 12.8. The van der Waals surface area contributed by atoms with Crippen molar-refractivity contribution in [2.45, 2.75) is 54.2 Å². The van der Waals surface area contributed by atoms with E-state index in [1.54, 1.807) is 45.5 Å². The first-order valence-electron chi connectivity index (χ1n) is 9.06. The van der Waals surface area contributed by atoms with Crippen LogP contribution in [0.4, 0.5) is 5.00 Å². The van der Waals surface area contributed by atoms with Crippen molar-refractivity contribution in [1.29, 1.82) is 0 Å². The molecule has 152 valence electrons. The van der Waals surface area contributed by atoms with Crippen LogP contribution in [0.5, 0.6) is 0 Å². The van der Waals surface area contributed by atoms with E-state index in [1.807, 2.05) is 6.92 Å². The zero-order valence-electron chi connectivity index (χ0n) is 16.9. The van der Waals surface area contributed by atoms with Crippen molar-refractivity contribution in [3.05, 3.63) is 33.5 Å². The smallest absolute Gasteiger partial charge is 0.348 e. The number of carbonyl (C=O) groups is 3. The number of aryl methyl sites for hydroxylation is 2. The Morgan fingerprint density at radius 3 is 2.43 bits per heavy atom. The average molecular weight is 407 g/mol. The predicted octanol–water partition coefficient (Wildman–Crippen LogP) is 3.58. The summed E-state index contributed by atoms with van der Waals surface area (Å²) in [6.07, 6.45) is 1.30. The molecule has 1 amide bonds. The fourth-order valence-corrected chi connectivity index (χ4v) is 3.67. The number of nitrogens with zero attached hydrogens (tertiary/aromatic N) is 2. The second kappa shape index (κ2) is 9.01. The molecule has 0 bridgehead atoms. The largest absolute Gasteiger partial charge is 0.462 e. The first-order chi connectivity index (χ1) is 13.2. The van der Waals surface area contributed by atoms with Crippen molar-refractivity contribution in [2.75, 3.05) is 11.9 Å². The summed E-state index contributed by atoms with van der Waals surface area (Å²) in [5.41, 5.74) is 1.55. The first-order valence-corrected chi connectivity index (χ1v) is 9.88. The number of nitrogens with one attached hydrogen (secondary N) is 1. The lowest BCUT2D eigenvalue weighted by Gasteiger charge is -2.10. The molecule has 0 spiro atoms. The Morgan fingerprint density at radius 2 is 1.89 bits per heavy atom. The third-order valence-electron chi connectivity index (χ3n) is 3.90. The van der Waals surface area contributed by atoms with Crippen LogP contribution in [0.3, 0.4) is 0 Å². The molecular formula is C19H25N3O5S. The molecule has 0 fully saturated rings. The third-order valence-corrected chi connectivity index (χ3v) is 5.08. The number of amides is 1. The highest BCUT2D eigenvalue weighted by Crippen LogP contribution is 2.35. The Kier molecular flexibility index (Phi) is 6.95. The lowest BCUT2D eigenvalue weighted by molar-refractivity contribution is 0.0379. The summed E-state index contributed by atoms with van der Waals surface area (Å²) < 4.78 is 12.0. The topological polar surface area (TPSA) is 99.5 Å². The molecule has 9 heteroatoms. The minimum atomic E-state index is -0.601. The molecule has 0 aliphatic rings. The molecule has 1 N–H and O–H groups in total. The van der Waals surface area contributed by atoms with Gasteiger partial charge in [-0.3, -0.25) is 9.48 Å². The molecule has 0 saturated heterocycles. The highest BCUT2D eigenvalue weighted by Gasteiger charge is 2.28. The zero-order valence-corrected chi connectivity index (χ0v) is 17.7. The summed E-state index contributed by atoms with van der Waals surface area (Å²) >= 11 is 0.996. The van der Waals surface area contributed by atoms with Crippen molar-refractivity contribution < 1.29 is 23.9 Å². The molecule has 28 heavy (non-hydrogen) atoms. The minimum Gasteiger partial charge on any atom is -0.462 e. The summed E-state index contributed by atoms with van der Waals surface area (Å²) in [4.78, 5) is 37.8. The van der Waals surface area contributed by atoms with Crippen LogP contribution in [0.15, 0.2) is 6.20 Å². The Balaban J connectivity index is 2.44. The minimum absolute atomic E-state index is 0.163. The highest BCUT2D eigenvalue weighted by atomic mass is 32.1. The van der Waals surface area contributed by atoms with Crippen molar-refractivity contribution in [3.8, 4) is 0 Å².